The molecule has 4 nitrogen and oxygen atoms in total. The first-order chi connectivity index (χ1) is 6.78. The molecule has 0 aromatic carbocycles. The molecule has 80 valence electrons. The van der Waals surface area contributed by atoms with Gasteiger partial charge >= 0.3 is 0 Å². The summed E-state index contributed by atoms with van der Waals surface area (Å²) in [4.78, 5) is 11.6. The molecule has 0 aromatic heterocycles. The fourth-order valence-corrected chi connectivity index (χ4v) is 2.58. The van der Waals surface area contributed by atoms with E-state index in [1.54, 1.807) is 7.11 Å². The third kappa shape index (κ3) is 1.53. The lowest BCUT2D eigenvalue weighted by atomic mass is 9.70. The van der Waals surface area contributed by atoms with E-state index >= 15 is 0 Å². The van der Waals surface area contributed by atoms with Crippen molar-refractivity contribution in [2.45, 2.75) is 25.4 Å². The Hall–Kier alpha value is -0.610. The lowest BCUT2D eigenvalue weighted by molar-refractivity contribution is -0.152. The largest absolute Gasteiger partial charge is 0.381 e. The molecule has 2 fully saturated rings. The monoisotopic (exact) mass is 199 g/mol. The molecular formula is C10H17NO3. The fraction of sp³-hybridized carbons (Fsp3) is 0.900. The Labute approximate surface area is 84.0 Å². The Kier molecular flexibility index (Phi) is 2.74. The SMILES string of the molecule is COC1C(=O)NCCC12CCOCC2. The normalized spacial score (nSPS) is 31.5. The van der Waals surface area contributed by atoms with Gasteiger partial charge in [-0.1, -0.05) is 0 Å². The molecule has 1 unspecified atom stereocenters. The van der Waals surface area contributed by atoms with Gasteiger partial charge in [0.2, 0.25) is 5.91 Å². The van der Waals surface area contributed by atoms with Crippen LogP contribution in [0.2, 0.25) is 0 Å². The van der Waals surface area contributed by atoms with Crippen LogP contribution in [0.5, 0.6) is 0 Å². The summed E-state index contributed by atoms with van der Waals surface area (Å²) in [6.07, 6.45) is 2.62. The van der Waals surface area contributed by atoms with Gasteiger partial charge in [-0.25, -0.2) is 0 Å². The quantitative estimate of drug-likeness (QED) is 0.661. The Bertz CT molecular complexity index is 218. The van der Waals surface area contributed by atoms with Crippen molar-refractivity contribution >= 4 is 5.91 Å². The number of hydrogen-bond acceptors (Lipinski definition) is 3. The van der Waals surface area contributed by atoms with Crippen LogP contribution in [0.3, 0.4) is 0 Å². The minimum absolute atomic E-state index is 0.0370. The zero-order chi connectivity index (χ0) is 10.0. The predicted octanol–water partition coefficient (Wildman–Crippen LogP) is 0.318. The van der Waals surface area contributed by atoms with Crippen LogP contribution in [0, 0.1) is 5.41 Å². The van der Waals surface area contributed by atoms with Crippen LogP contribution in [-0.4, -0.2) is 38.9 Å². The van der Waals surface area contributed by atoms with E-state index in [-0.39, 0.29) is 17.4 Å². The van der Waals surface area contributed by atoms with Gasteiger partial charge in [-0.15, -0.1) is 0 Å². The van der Waals surface area contributed by atoms with E-state index in [1.807, 2.05) is 0 Å². The maximum atomic E-state index is 11.6. The number of methoxy groups -OCH3 is 1. The van der Waals surface area contributed by atoms with Crippen LogP contribution in [0.25, 0.3) is 0 Å². The van der Waals surface area contributed by atoms with E-state index in [2.05, 4.69) is 5.32 Å². The summed E-state index contributed by atoms with van der Waals surface area (Å²) >= 11 is 0. The Morgan fingerprint density at radius 3 is 2.79 bits per heavy atom. The molecule has 4 heteroatoms. The van der Waals surface area contributed by atoms with Crippen molar-refractivity contribution in [2.24, 2.45) is 5.41 Å². The van der Waals surface area contributed by atoms with Crippen LogP contribution in [0.4, 0.5) is 0 Å². The summed E-state index contributed by atoms with van der Waals surface area (Å²) in [5, 5.41) is 2.85. The van der Waals surface area contributed by atoms with Gasteiger partial charge in [-0.05, 0) is 19.3 Å². The number of piperidine rings is 1. The summed E-state index contributed by atoms with van der Waals surface area (Å²) in [6.45, 7) is 2.29. The van der Waals surface area contributed by atoms with Crippen molar-refractivity contribution < 1.29 is 14.3 Å². The first-order valence-corrected chi connectivity index (χ1v) is 5.17. The molecule has 1 amide bonds. The van der Waals surface area contributed by atoms with E-state index in [0.717, 1.165) is 39.0 Å². The third-order valence-corrected chi connectivity index (χ3v) is 3.44. The zero-order valence-corrected chi connectivity index (χ0v) is 8.54. The number of ether oxygens (including phenoxy) is 2. The summed E-state index contributed by atoms with van der Waals surface area (Å²) < 4.78 is 10.7. The molecule has 0 aromatic rings. The van der Waals surface area contributed by atoms with Gasteiger partial charge in [0.05, 0.1) is 0 Å². The van der Waals surface area contributed by atoms with Gasteiger partial charge in [-0.3, -0.25) is 4.79 Å². The van der Waals surface area contributed by atoms with Gasteiger partial charge < -0.3 is 14.8 Å². The number of hydrogen-bond donors (Lipinski definition) is 1. The topological polar surface area (TPSA) is 47.6 Å². The van der Waals surface area contributed by atoms with Crippen molar-refractivity contribution in [3.8, 4) is 0 Å². The average Bonchev–Trinajstić information content (AvgIpc) is 2.19. The summed E-state index contributed by atoms with van der Waals surface area (Å²) in [5.74, 6) is 0.0423. The Balaban J connectivity index is 2.16. The highest BCUT2D eigenvalue weighted by Crippen LogP contribution is 2.40. The molecule has 1 spiro atoms. The Morgan fingerprint density at radius 2 is 2.14 bits per heavy atom. The van der Waals surface area contributed by atoms with E-state index in [1.165, 1.54) is 0 Å². The minimum Gasteiger partial charge on any atom is -0.381 e. The second-order valence-corrected chi connectivity index (χ2v) is 4.13. The summed E-state index contributed by atoms with van der Waals surface area (Å²) in [7, 11) is 1.62. The summed E-state index contributed by atoms with van der Waals surface area (Å²) in [5.41, 5.74) is 0.0370. The highest BCUT2D eigenvalue weighted by atomic mass is 16.5. The van der Waals surface area contributed by atoms with Crippen LogP contribution in [0.1, 0.15) is 19.3 Å². The number of amides is 1. The highest BCUT2D eigenvalue weighted by molar-refractivity contribution is 5.82. The van der Waals surface area contributed by atoms with E-state index in [4.69, 9.17) is 9.47 Å². The van der Waals surface area contributed by atoms with E-state index in [0.29, 0.717) is 0 Å². The molecule has 0 radical (unpaired) electrons. The highest BCUT2D eigenvalue weighted by Gasteiger charge is 2.46. The zero-order valence-electron chi connectivity index (χ0n) is 8.54. The van der Waals surface area contributed by atoms with Crippen LogP contribution in [0.15, 0.2) is 0 Å². The fourth-order valence-electron chi connectivity index (χ4n) is 2.58. The smallest absolute Gasteiger partial charge is 0.249 e. The molecule has 14 heavy (non-hydrogen) atoms. The molecule has 0 saturated carbocycles. The number of carbonyl (C=O) groups excluding carboxylic acids is 1. The molecule has 2 rings (SSSR count). The van der Waals surface area contributed by atoms with Crippen molar-refractivity contribution in [3.63, 3.8) is 0 Å². The second-order valence-electron chi connectivity index (χ2n) is 4.13. The molecule has 2 aliphatic heterocycles. The maximum Gasteiger partial charge on any atom is 0.249 e. The molecule has 1 atom stereocenters. The van der Waals surface area contributed by atoms with Crippen LogP contribution >= 0.6 is 0 Å². The number of rotatable bonds is 1. The molecule has 1 N–H and O–H groups in total. The minimum atomic E-state index is -0.278. The van der Waals surface area contributed by atoms with Gasteiger partial charge in [0, 0.05) is 32.3 Å². The summed E-state index contributed by atoms with van der Waals surface area (Å²) in [6, 6.07) is 0. The Morgan fingerprint density at radius 1 is 1.43 bits per heavy atom. The standard InChI is InChI=1S/C10H17NO3/c1-13-8-9(12)11-5-2-10(8)3-6-14-7-4-10/h8H,2-7H2,1H3,(H,11,12). The van der Waals surface area contributed by atoms with Crippen molar-refractivity contribution in [2.75, 3.05) is 26.9 Å². The maximum absolute atomic E-state index is 11.6. The van der Waals surface area contributed by atoms with Crippen molar-refractivity contribution in [3.05, 3.63) is 0 Å². The van der Waals surface area contributed by atoms with Crippen molar-refractivity contribution in [1.29, 1.82) is 0 Å². The van der Waals surface area contributed by atoms with E-state index in [9.17, 15) is 4.79 Å². The van der Waals surface area contributed by atoms with Crippen molar-refractivity contribution in [1.82, 2.24) is 5.32 Å². The predicted molar refractivity (Wildman–Crippen MR) is 50.9 cm³/mol. The molecule has 2 heterocycles. The number of nitrogens with one attached hydrogen (secondary N) is 1. The second kappa shape index (κ2) is 3.87. The molecule has 2 aliphatic rings. The van der Waals surface area contributed by atoms with Crippen LogP contribution in [-0.2, 0) is 14.3 Å². The van der Waals surface area contributed by atoms with Gasteiger partial charge in [0.25, 0.3) is 0 Å². The lowest BCUT2D eigenvalue weighted by Crippen LogP contribution is -2.55. The molecular weight excluding hydrogens is 182 g/mol. The average molecular weight is 199 g/mol. The molecule has 2 saturated heterocycles. The first-order valence-electron chi connectivity index (χ1n) is 5.17. The van der Waals surface area contributed by atoms with Crippen LogP contribution < -0.4 is 5.32 Å². The van der Waals surface area contributed by atoms with E-state index < -0.39 is 0 Å². The molecule has 0 bridgehead atoms. The number of carbonyl (C=O) groups is 1. The lowest BCUT2D eigenvalue weighted by Gasteiger charge is -2.44. The van der Waals surface area contributed by atoms with Gasteiger partial charge in [-0.2, -0.15) is 0 Å². The first kappa shape index (κ1) is 9.93. The van der Waals surface area contributed by atoms with Gasteiger partial charge in [0.1, 0.15) is 6.10 Å². The van der Waals surface area contributed by atoms with Gasteiger partial charge in [0.15, 0.2) is 0 Å². The third-order valence-electron chi connectivity index (χ3n) is 3.44. The molecule has 0 aliphatic carbocycles.